The monoisotopic (exact) mass is 430 g/mol. The number of nitrogens with zero attached hydrogens (tertiary/aromatic N) is 3. The number of hydrogen-bond acceptors (Lipinski definition) is 6. The van der Waals surface area contributed by atoms with E-state index in [4.69, 9.17) is 4.42 Å². The van der Waals surface area contributed by atoms with Crippen molar-refractivity contribution in [2.75, 3.05) is 5.32 Å². The Bertz CT molecular complexity index is 1330. The molecule has 0 saturated carbocycles. The number of Topliss-reactive ketones (excluding diaryl/α,β-unsaturated/α-hetero) is 1. The molecule has 158 valence electrons. The third-order valence-electron chi connectivity index (χ3n) is 5.09. The van der Waals surface area contributed by atoms with Crippen LogP contribution in [0.5, 0.6) is 0 Å². The van der Waals surface area contributed by atoms with E-state index in [9.17, 15) is 13.6 Å². The van der Waals surface area contributed by atoms with E-state index in [1.807, 2.05) is 54.6 Å². The van der Waals surface area contributed by atoms with Gasteiger partial charge in [0.2, 0.25) is 0 Å². The van der Waals surface area contributed by atoms with E-state index in [0.29, 0.717) is 5.71 Å². The summed E-state index contributed by atoms with van der Waals surface area (Å²) < 4.78 is 32.7. The van der Waals surface area contributed by atoms with E-state index in [-0.39, 0.29) is 29.7 Å². The summed E-state index contributed by atoms with van der Waals surface area (Å²) in [4.78, 5) is 17.6. The minimum Gasteiger partial charge on any atom is -0.403 e. The molecule has 1 N–H and O–H groups in total. The summed E-state index contributed by atoms with van der Waals surface area (Å²) in [5, 5.41) is 10.5. The summed E-state index contributed by atoms with van der Waals surface area (Å²) in [5.41, 5.74) is 3.22. The Balaban J connectivity index is 1.50. The van der Waals surface area contributed by atoms with Crippen LogP contribution in [0.25, 0.3) is 11.5 Å². The molecule has 1 atom stereocenters. The summed E-state index contributed by atoms with van der Waals surface area (Å²) in [6, 6.07) is 20.1. The average molecular weight is 430 g/mol. The van der Waals surface area contributed by atoms with Crippen molar-refractivity contribution in [1.29, 1.82) is 0 Å². The highest BCUT2D eigenvalue weighted by atomic mass is 19.1. The largest absolute Gasteiger partial charge is 0.403 e. The normalized spacial score (nSPS) is 15.6. The molecule has 5 rings (SSSR count). The number of benzene rings is 3. The second-order valence-corrected chi connectivity index (χ2v) is 7.23. The van der Waals surface area contributed by atoms with Crippen molar-refractivity contribution in [3.05, 3.63) is 101 Å². The molecule has 0 fully saturated rings. The zero-order valence-electron chi connectivity index (χ0n) is 16.6. The minimum absolute atomic E-state index is 0.0416. The summed E-state index contributed by atoms with van der Waals surface area (Å²) in [5.74, 6) is -1.86. The average Bonchev–Trinajstić information content (AvgIpc) is 3.20. The molecule has 1 aromatic heterocycles. The molecule has 4 aromatic rings. The van der Waals surface area contributed by atoms with Gasteiger partial charge >= 0.3 is 6.01 Å². The topological polar surface area (TPSA) is 80.4 Å². The summed E-state index contributed by atoms with van der Waals surface area (Å²) in [6.07, 6.45) is -0.815. The first-order valence-corrected chi connectivity index (χ1v) is 9.88. The van der Waals surface area contributed by atoms with Crippen molar-refractivity contribution in [1.82, 2.24) is 10.2 Å². The number of aliphatic imine (C=N–C) groups is 1. The quantitative estimate of drug-likeness (QED) is 0.519. The van der Waals surface area contributed by atoms with Gasteiger partial charge in [-0.2, -0.15) is 0 Å². The zero-order valence-corrected chi connectivity index (χ0v) is 16.6. The third-order valence-corrected chi connectivity index (χ3v) is 5.09. The number of carbonyl (C=O) groups excluding carboxylic acids is 1. The van der Waals surface area contributed by atoms with E-state index in [0.717, 1.165) is 28.8 Å². The molecule has 0 bridgehead atoms. The molecule has 6 nitrogen and oxygen atoms in total. The summed E-state index contributed by atoms with van der Waals surface area (Å²) in [6.45, 7) is 0. The van der Waals surface area contributed by atoms with Gasteiger partial charge < -0.3 is 9.73 Å². The number of hydrogen-bond donors (Lipinski definition) is 1. The third kappa shape index (κ3) is 3.78. The van der Waals surface area contributed by atoms with Crippen LogP contribution >= 0.6 is 0 Å². The van der Waals surface area contributed by atoms with Crippen LogP contribution in [0.4, 0.5) is 14.8 Å². The molecule has 1 aliphatic rings. The molecular weight excluding hydrogens is 414 g/mol. The van der Waals surface area contributed by atoms with Crippen molar-refractivity contribution in [2.24, 2.45) is 4.99 Å². The van der Waals surface area contributed by atoms with Crippen LogP contribution < -0.4 is 5.32 Å². The Morgan fingerprint density at radius 2 is 1.69 bits per heavy atom. The predicted octanol–water partition coefficient (Wildman–Crippen LogP) is 4.42. The predicted molar refractivity (Wildman–Crippen MR) is 114 cm³/mol. The number of carbonyl (C=O) groups is 1. The highest BCUT2D eigenvalue weighted by molar-refractivity contribution is 6.16. The molecule has 0 aliphatic carbocycles. The maximum atomic E-state index is 14.0. The molecule has 2 heterocycles. The summed E-state index contributed by atoms with van der Waals surface area (Å²) >= 11 is 0. The van der Waals surface area contributed by atoms with Crippen LogP contribution in [0.15, 0.2) is 82.2 Å². The number of rotatable bonds is 4. The Morgan fingerprint density at radius 3 is 2.50 bits per heavy atom. The molecule has 1 unspecified atom stereocenters. The van der Waals surface area contributed by atoms with Gasteiger partial charge in [-0.25, -0.2) is 8.78 Å². The zero-order chi connectivity index (χ0) is 22.1. The van der Waals surface area contributed by atoms with Crippen LogP contribution in [-0.2, 0) is 11.2 Å². The molecule has 0 amide bonds. The van der Waals surface area contributed by atoms with E-state index in [1.54, 1.807) is 0 Å². The lowest BCUT2D eigenvalue weighted by Gasteiger charge is -2.11. The molecular formula is C24H16F2N4O2. The first-order valence-electron chi connectivity index (χ1n) is 9.88. The van der Waals surface area contributed by atoms with Crippen LogP contribution in [0.3, 0.4) is 0 Å². The smallest absolute Gasteiger partial charge is 0.317 e. The van der Waals surface area contributed by atoms with Gasteiger partial charge in [0.25, 0.3) is 5.89 Å². The van der Waals surface area contributed by atoms with Crippen molar-refractivity contribution in [2.45, 2.75) is 12.6 Å². The molecule has 0 saturated heterocycles. The van der Waals surface area contributed by atoms with E-state index < -0.39 is 17.8 Å². The van der Waals surface area contributed by atoms with Crippen LogP contribution in [0.2, 0.25) is 0 Å². The summed E-state index contributed by atoms with van der Waals surface area (Å²) in [7, 11) is 0. The van der Waals surface area contributed by atoms with Crippen molar-refractivity contribution < 1.29 is 18.0 Å². The molecule has 1 aliphatic heterocycles. The van der Waals surface area contributed by atoms with Crippen LogP contribution in [0.1, 0.15) is 16.7 Å². The van der Waals surface area contributed by atoms with Gasteiger partial charge in [-0.15, -0.1) is 5.10 Å². The number of anilines is 1. The Labute approximate surface area is 181 Å². The fraction of sp³-hybridized carbons (Fsp3) is 0.0833. The molecule has 32 heavy (non-hydrogen) atoms. The van der Waals surface area contributed by atoms with Crippen LogP contribution in [-0.4, -0.2) is 27.9 Å². The maximum absolute atomic E-state index is 14.0. The number of nitrogens with one attached hydrogen (secondary N) is 1. The van der Waals surface area contributed by atoms with Crippen LogP contribution in [0, 0.1) is 11.6 Å². The second-order valence-electron chi connectivity index (χ2n) is 7.23. The number of aromatic nitrogens is 2. The van der Waals surface area contributed by atoms with Gasteiger partial charge in [0.15, 0.2) is 11.9 Å². The van der Waals surface area contributed by atoms with E-state index in [2.05, 4.69) is 20.5 Å². The molecule has 0 spiro atoms. The maximum Gasteiger partial charge on any atom is 0.317 e. The van der Waals surface area contributed by atoms with Crippen molar-refractivity contribution in [3.63, 3.8) is 0 Å². The fourth-order valence-electron chi connectivity index (χ4n) is 3.57. The van der Waals surface area contributed by atoms with Gasteiger partial charge in [-0.1, -0.05) is 59.7 Å². The highest BCUT2D eigenvalue weighted by Crippen LogP contribution is 2.26. The Kier molecular flexibility index (Phi) is 5.03. The van der Waals surface area contributed by atoms with E-state index in [1.165, 1.54) is 6.07 Å². The fourth-order valence-corrected chi connectivity index (χ4v) is 3.57. The van der Waals surface area contributed by atoms with Gasteiger partial charge in [0.05, 0.1) is 11.3 Å². The highest BCUT2D eigenvalue weighted by Gasteiger charge is 2.27. The van der Waals surface area contributed by atoms with Gasteiger partial charge in [-0.3, -0.25) is 9.79 Å². The van der Waals surface area contributed by atoms with Gasteiger partial charge in [0.1, 0.15) is 11.6 Å². The SMILES string of the molecule is O=C1Cc2ccccc2C(c2ccccc2)=NC1Nc1nnc(-c2ccc(F)cc2F)o1. The van der Waals surface area contributed by atoms with Crippen molar-refractivity contribution >= 4 is 17.5 Å². The number of fused-ring (bicyclic) bond motifs is 1. The Morgan fingerprint density at radius 1 is 0.906 bits per heavy atom. The number of halogens is 2. The molecule has 0 radical (unpaired) electrons. The second kappa shape index (κ2) is 8.14. The lowest BCUT2D eigenvalue weighted by molar-refractivity contribution is -0.119. The molecule has 8 heteroatoms. The number of ketones is 1. The van der Waals surface area contributed by atoms with Gasteiger partial charge in [0, 0.05) is 23.6 Å². The standard InChI is InChI=1S/C24H16F2N4O2/c25-16-10-11-18(19(26)13-16)23-29-30-24(32-23)28-22-20(31)12-15-8-4-5-9-17(15)21(27-22)14-6-2-1-3-7-14/h1-11,13,22H,12H2,(H,28,30). The Hall–Kier alpha value is -4.20. The lowest BCUT2D eigenvalue weighted by atomic mass is 9.96. The van der Waals surface area contributed by atoms with E-state index >= 15 is 0 Å². The first kappa shape index (κ1) is 19.7. The molecule has 3 aromatic carbocycles. The lowest BCUT2D eigenvalue weighted by Crippen LogP contribution is -2.29. The van der Waals surface area contributed by atoms with Crippen molar-refractivity contribution in [3.8, 4) is 11.5 Å². The van der Waals surface area contributed by atoms with Gasteiger partial charge in [-0.05, 0) is 17.7 Å². The first-order chi connectivity index (χ1) is 15.6. The minimum atomic E-state index is -0.982.